The summed E-state index contributed by atoms with van der Waals surface area (Å²) in [5, 5.41) is 11.6. The number of hydrogen-bond acceptors (Lipinski definition) is 5. The van der Waals surface area contributed by atoms with Crippen LogP contribution in [0.4, 0.5) is 5.69 Å². The monoisotopic (exact) mass is 363 g/mol. The van der Waals surface area contributed by atoms with Gasteiger partial charge in [-0.25, -0.2) is 8.42 Å². The lowest BCUT2D eigenvalue weighted by Gasteiger charge is -2.23. The molecular formula is C18H25N3O3S. The van der Waals surface area contributed by atoms with Crippen molar-refractivity contribution >= 4 is 15.7 Å². The smallest absolute Gasteiger partial charge is 0.231 e. The maximum absolute atomic E-state index is 12.0. The number of piperidine rings is 1. The summed E-state index contributed by atoms with van der Waals surface area (Å²) in [7, 11) is -3.28. The number of nitrogens with one attached hydrogen (secondary N) is 3. The third-order valence-corrected chi connectivity index (χ3v) is 5.61. The summed E-state index contributed by atoms with van der Waals surface area (Å²) in [6.07, 6.45) is 1.32. The van der Waals surface area contributed by atoms with E-state index < -0.39 is 10.0 Å². The quantitative estimate of drug-likeness (QED) is 0.626. The van der Waals surface area contributed by atoms with E-state index in [0.29, 0.717) is 18.6 Å². The average molecular weight is 363 g/mol. The predicted molar refractivity (Wildman–Crippen MR) is 101 cm³/mol. The van der Waals surface area contributed by atoms with Gasteiger partial charge in [0.1, 0.15) is 5.75 Å². The molecular weight excluding hydrogens is 338 g/mol. The molecule has 0 bridgehead atoms. The van der Waals surface area contributed by atoms with Gasteiger partial charge in [0, 0.05) is 5.69 Å². The number of benzene rings is 2. The first-order chi connectivity index (χ1) is 12.0. The summed E-state index contributed by atoms with van der Waals surface area (Å²) >= 11 is 0. The third kappa shape index (κ3) is 6.74. The number of rotatable bonds is 4. The molecule has 136 valence electrons. The van der Waals surface area contributed by atoms with Gasteiger partial charge in [0.25, 0.3) is 0 Å². The topological polar surface area (TPSA) is 90.5 Å². The molecule has 1 aliphatic heterocycles. The van der Waals surface area contributed by atoms with E-state index in [1.807, 2.05) is 49.4 Å². The van der Waals surface area contributed by atoms with Crippen LogP contribution >= 0.6 is 0 Å². The Labute approximate surface area is 149 Å². The van der Waals surface area contributed by atoms with E-state index in [4.69, 9.17) is 5.11 Å². The summed E-state index contributed by atoms with van der Waals surface area (Å²) in [6.45, 7) is 3.51. The lowest BCUT2D eigenvalue weighted by atomic mass is 10.2. The zero-order valence-electron chi connectivity index (χ0n) is 14.3. The van der Waals surface area contributed by atoms with Gasteiger partial charge in [-0.2, -0.15) is 0 Å². The number of hydrogen-bond donors (Lipinski definition) is 4. The fourth-order valence-electron chi connectivity index (χ4n) is 2.39. The van der Waals surface area contributed by atoms with Gasteiger partial charge in [0.15, 0.2) is 0 Å². The van der Waals surface area contributed by atoms with Gasteiger partial charge in [0.05, 0.1) is 5.25 Å². The van der Waals surface area contributed by atoms with Gasteiger partial charge in [-0.05, 0) is 57.1 Å². The Morgan fingerprint density at radius 1 is 1.00 bits per heavy atom. The van der Waals surface area contributed by atoms with E-state index in [0.717, 1.165) is 18.8 Å². The standard InChI is InChI=1S/C11H17N3O2S.C7H8O/c15-17(16,11-6-8-12-9-7-11)14-13-10-4-2-1-3-5-10;1-6-2-4-7(8)5-3-6/h1-5,11-14H,6-9H2;2-5,8H,1H3. The molecule has 3 rings (SSSR count). The maximum Gasteiger partial charge on any atom is 0.231 e. The molecule has 2 aromatic carbocycles. The van der Waals surface area contributed by atoms with Gasteiger partial charge in [-0.15, -0.1) is 4.83 Å². The molecule has 0 radical (unpaired) electrons. The van der Waals surface area contributed by atoms with Crippen LogP contribution in [0.25, 0.3) is 0 Å². The highest BCUT2D eigenvalue weighted by molar-refractivity contribution is 7.90. The molecule has 0 amide bonds. The van der Waals surface area contributed by atoms with Crippen molar-refractivity contribution in [3.8, 4) is 5.75 Å². The van der Waals surface area contributed by atoms with Crippen molar-refractivity contribution in [2.75, 3.05) is 18.5 Å². The first-order valence-corrected chi connectivity index (χ1v) is 9.80. The van der Waals surface area contributed by atoms with Gasteiger partial charge >= 0.3 is 0 Å². The minimum absolute atomic E-state index is 0.306. The highest BCUT2D eigenvalue weighted by atomic mass is 32.2. The molecule has 25 heavy (non-hydrogen) atoms. The molecule has 1 aliphatic rings. The normalized spacial score (nSPS) is 15.1. The fourth-order valence-corrected chi connectivity index (χ4v) is 3.67. The van der Waals surface area contributed by atoms with Crippen molar-refractivity contribution in [1.29, 1.82) is 0 Å². The van der Waals surface area contributed by atoms with Crippen LogP contribution in [0.5, 0.6) is 5.75 Å². The summed E-state index contributed by atoms with van der Waals surface area (Å²) < 4.78 is 23.9. The van der Waals surface area contributed by atoms with Gasteiger partial charge < -0.3 is 15.8 Å². The lowest BCUT2D eigenvalue weighted by molar-refractivity contribution is 0.475. The second-order valence-electron chi connectivity index (χ2n) is 5.92. The molecule has 4 N–H and O–H groups in total. The molecule has 1 fully saturated rings. The first-order valence-electron chi connectivity index (χ1n) is 8.25. The van der Waals surface area contributed by atoms with Crippen molar-refractivity contribution in [3.05, 3.63) is 60.2 Å². The Balaban J connectivity index is 0.000000236. The Morgan fingerprint density at radius 3 is 2.16 bits per heavy atom. The molecule has 7 heteroatoms. The van der Waals surface area contributed by atoms with Crippen molar-refractivity contribution < 1.29 is 13.5 Å². The fraction of sp³-hybridized carbons (Fsp3) is 0.333. The number of hydrazine groups is 1. The number of sulfonamides is 1. The molecule has 0 atom stereocenters. The number of phenolic OH excluding ortho intramolecular Hbond substituents is 1. The summed E-state index contributed by atoms with van der Waals surface area (Å²) in [5.74, 6) is 0.329. The number of para-hydroxylation sites is 1. The van der Waals surface area contributed by atoms with Crippen molar-refractivity contribution in [1.82, 2.24) is 10.1 Å². The van der Waals surface area contributed by atoms with Crippen LogP contribution in [-0.4, -0.2) is 31.9 Å². The number of anilines is 1. The van der Waals surface area contributed by atoms with E-state index in [1.165, 1.54) is 5.56 Å². The van der Waals surface area contributed by atoms with Crippen LogP contribution < -0.4 is 15.6 Å². The van der Waals surface area contributed by atoms with Gasteiger partial charge in [0.2, 0.25) is 10.0 Å². The largest absolute Gasteiger partial charge is 0.508 e. The van der Waals surface area contributed by atoms with E-state index in [9.17, 15) is 8.42 Å². The van der Waals surface area contributed by atoms with Crippen molar-refractivity contribution in [3.63, 3.8) is 0 Å². The SMILES string of the molecule is Cc1ccc(O)cc1.O=S(=O)(NNc1ccccc1)C1CCNCC1. The third-order valence-electron chi connectivity index (χ3n) is 3.87. The molecule has 0 aliphatic carbocycles. The lowest BCUT2D eigenvalue weighted by Crippen LogP contribution is -2.43. The summed E-state index contributed by atoms with van der Waals surface area (Å²) in [4.78, 5) is 2.44. The molecule has 1 saturated heterocycles. The molecule has 0 unspecified atom stereocenters. The minimum atomic E-state index is -3.28. The molecule has 1 heterocycles. The highest BCUT2D eigenvalue weighted by Crippen LogP contribution is 2.12. The van der Waals surface area contributed by atoms with Crippen LogP contribution in [0.1, 0.15) is 18.4 Å². The summed E-state index contributed by atoms with van der Waals surface area (Å²) in [5.41, 5.74) is 4.63. The van der Waals surface area contributed by atoms with E-state index in [-0.39, 0.29) is 5.25 Å². The first kappa shape index (κ1) is 19.2. The summed E-state index contributed by atoms with van der Waals surface area (Å²) in [6, 6.07) is 16.3. The molecule has 0 spiro atoms. The number of aromatic hydroxyl groups is 1. The van der Waals surface area contributed by atoms with E-state index >= 15 is 0 Å². The van der Waals surface area contributed by atoms with E-state index in [2.05, 4.69) is 15.6 Å². The Kier molecular flexibility index (Phi) is 7.24. The second-order valence-corrected chi connectivity index (χ2v) is 7.88. The molecule has 2 aromatic rings. The van der Waals surface area contributed by atoms with Crippen LogP contribution in [-0.2, 0) is 10.0 Å². The second kappa shape index (κ2) is 9.41. The van der Waals surface area contributed by atoms with E-state index in [1.54, 1.807) is 12.1 Å². The molecule has 0 aromatic heterocycles. The Bertz CT molecular complexity index is 707. The maximum atomic E-state index is 12.0. The van der Waals surface area contributed by atoms with Crippen LogP contribution in [0.2, 0.25) is 0 Å². The number of aryl methyl sites for hydroxylation is 1. The number of phenols is 1. The zero-order valence-corrected chi connectivity index (χ0v) is 15.1. The van der Waals surface area contributed by atoms with Crippen LogP contribution in [0.3, 0.4) is 0 Å². The Morgan fingerprint density at radius 2 is 1.60 bits per heavy atom. The van der Waals surface area contributed by atoms with Crippen molar-refractivity contribution in [2.45, 2.75) is 25.0 Å². The molecule has 6 nitrogen and oxygen atoms in total. The highest BCUT2D eigenvalue weighted by Gasteiger charge is 2.26. The zero-order chi connectivity index (χ0) is 18.1. The molecule has 0 saturated carbocycles. The Hall–Kier alpha value is -2.09. The van der Waals surface area contributed by atoms with Gasteiger partial charge in [-0.1, -0.05) is 35.9 Å². The van der Waals surface area contributed by atoms with Crippen molar-refractivity contribution in [2.24, 2.45) is 0 Å². The predicted octanol–water partition coefficient (Wildman–Crippen LogP) is 2.39. The van der Waals surface area contributed by atoms with Crippen LogP contribution in [0.15, 0.2) is 54.6 Å². The minimum Gasteiger partial charge on any atom is -0.508 e. The van der Waals surface area contributed by atoms with Crippen LogP contribution in [0, 0.1) is 6.92 Å². The van der Waals surface area contributed by atoms with Gasteiger partial charge in [-0.3, -0.25) is 0 Å². The average Bonchev–Trinajstić information content (AvgIpc) is 2.65.